The van der Waals surface area contributed by atoms with E-state index in [1.54, 1.807) is 32.0 Å². The number of benzene rings is 1. The van der Waals surface area contributed by atoms with E-state index in [9.17, 15) is 13.2 Å². The molecule has 0 aliphatic heterocycles. The molecule has 28 heavy (non-hydrogen) atoms. The summed E-state index contributed by atoms with van der Waals surface area (Å²) in [7, 11) is -3.26. The Kier molecular flexibility index (Phi) is 7.40. The van der Waals surface area contributed by atoms with Crippen molar-refractivity contribution in [1.29, 1.82) is 0 Å². The van der Waals surface area contributed by atoms with Crippen LogP contribution in [0.2, 0.25) is 10.0 Å². The van der Waals surface area contributed by atoms with E-state index in [0.29, 0.717) is 21.4 Å². The molecule has 0 saturated heterocycles. The summed E-state index contributed by atoms with van der Waals surface area (Å²) in [6.07, 6.45) is 4.76. The van der Waals surface area contributed by atoms with Crippen molar-refractivity contribution < 1.29 is 17.9 Å². The van der Waals surface area contributed by atoms with Gasteiger partial charge in [-0.1, -0.05) is 41.4 Å². The van der Waals surface area contributed by atoms with Crippen LogP contribution in [0.25, 0.3) is 0 Å². The van der Waals surface area contributed by atoms with Crippen molar-refractivity contribution in [2.24, 2.45) is 0 Å². The SMILES string of the molecule is CC(Oc1cnc(C(=O)N[C@H](C)/C=C/S(C)(=O)=O)nc1)c1cccc(Cl)c1Cl. The van der Waals surface area contributed by atoms with E-state index in [1.807, 2.05) is 0 Å². The molecular weight excluding hydrogens is 425 g/mol. The van der Waals surface area contributed by atoms with Gasteiger partial charge in [-0.2, -0.15) is 0 Å². The molecule has 1 N–H and O–H groups in total. The van der Waals surface area contributed by atoms with Crippen LogP contribution in [0.5, 0.6) is 5.75 Å². The van der Waals surface area contributed by atoms with Crippen LogP contribution in [-0.4, -0.2) is 36.6 Å². The van der Waals surface area contributed by atoms with E-state index >= 15 is 0 Å². The Morgan fingerprint density at radius 3 is 2.46 bits per heavy atom. The summed E-state index contributed by atoms with van der Waals surface area (Å²) < 4.78 is 28.0. The Hall–Kier alpha value is -2.16. The Balaban J connectivity index is 2.02. The van der Waals surface area contributed by atoms with E-state index in [4.69, 9.17) is 27.9 Å². The molecule has 0 saturated carbocycles. The minimum absolute atomic E-state index is 0.0691. The first-order valence-electron chi connectivity index (χ1n) is 8.18. The first-order valence-corrected chi connectivity index (χ1v) is 10.9. The highest BCUT2D eigenvalue weighted by Crippen LogP contribution is 2.31. The third-order valence-electron chi connectivity index (χ3n) is 3.54. The molecule has 0 fully saturated rings. The molecule has 150 valence electrons. The number of nitrogens with one attached hydrogen (secondary N) is 1. The lowest BCUT2D eigenvalue weighted by Crippen LogP contribution is -2.32. The summed E-state index contributed by atoms with van der Waals surface area (Å²) in [5.41, 5.74) is 0.711. The van der Waals surface area contributed by atoms with Crippen molar-refractivity contribution in [2.45, 2.75) is 26.0 Å². The molecule has 1 heterocycles. The highest BCUT2D eigenvalue weighted by molar-refractivity contribution is 7.93. The van der Waals surface area contributed by atoms with Crippen molar-refractivity contribution in [3.05, 3.63) is 63.5 Å². The summed E-state index contributed by atoms with van der Waals surface area (Å²) in [5, 5.41) is 4.44. The van der Waals surface area contributed by atoms with Crippen molar-refractivity contribution >= 4 is 38.9 Å². The average Bonchev–Trinajstić information content (AvgIpc) is 2.62. The first kappa shape index (κ1) is 22.1. The molecule has 2 rings (SSSR count). The zero-order valence-electron chi connectivity index (χ0n) is 15.4. The lowest BCUT2D eigenvalue weighted by molar-refractivity contribution is 0.0936. The van der Waals surface area contributed by atoms with Gasteiger partial charge in [0.05, 0.1) is 22.4 Å². The Labute approximate surface area is 173 Å². The van der Waals surface area contributed by atoms with Crippen LogP contribution < -0.4 is 10.1 Å². The molecule has 1 aromatic heterocycles. The Morgan fingerprint density at radius 1 is 1.21 bits per heavy atom. The molecular formula is C18H19Cl2N3O4S. The van der Waals surface area contributed by atoms with Crippen molar-refractivity contribution in [1.82, 2.24) is 15.3 Å². The summed E-state index contributed by atoms with van der Waals surface area (Å²) in [5.74, 6) is -0.256. The Morgan fingerprint density at radius 2 is 1.86 bits per heavy atom. The quantitative estimate of drug-likeness (QED) is 0.701. The van der Waals surface area contributed by atoms with Gasteiger partial charge in [0.1, 0.15) is 6.10 Å². The van der Waals surface area contributed by atoms with Gasteiger partial charge >= 0.3 is 0 Å². The maximum absolute atomic E-state index is 12.1. The number of carbonyl (C=O) groups excluding carboxylic acids is 1. The summed E-state index contributed by atoms with van der Waals surface area (Å²) >= 11 is 12.2. The largest absolute Gasteiger partial charge is 0.483 e. The van der Waals surface area contributed by atoms with Gasteiger partial charge in [-0.25, -0.2) is 18.4 Å². The van der Waals surface area contributed by atoms with E-state index in [2.05, 4.69) is 15.3 Å². The molecule has 0 bridgehead atoms. The van der Waals surface area contributed by atoms with E-state index in [0.717, 1.165) is 11.7 Å². The average molecular weight is 444 g/mol. The van der Waals surface area contributed by atoms with Gasteiger partial charge in [0.15, 0.2) is 15.6 Å². The molecule has 2 atom stereocenters. The Bertz CT molecular complexity index is 979. The van der Waals surface area contributed by atoms with Crippen LogP contribution in [-0.2, 0) is 9.84 Å². The number of amides is 1. The zero-order valence-corrected chi connectivity index (χ0v) is 17.7. The molecule has 0 spiro atoms. The predicted molar refractivity (Wildman–Crippen MR) is 108 cm³/mol. The van der Waals surface area contributed by atoms with Gasteiger partial charge in [-0.3, -0.25) is 4.79 Å². The maximum Gasteiger partial charge on any atom is 0.289 e. The maximum atomic E-state index is 12.1. The fraction of sp³-hybridized carbons (Fsp3) is 0.278. The normalized spacial score (nSPS) is 13.9. The van der Waals surface area contributed by atoms with Gasteiger partial charge in [0, 0.05) is 23.3 Å². The lowest BCUT2D eigenvalue weighted by atomic mass is 10.1. The number of halogens is 2. The third kappa shape index (κ3) is 6.47. The molecule has 2 aromatic rings. The van der Waals surface area contributed by atoms with Crippen LogP contribution >= 0.6 is 23.2 Å². The molecule has 0 aliphatic rings. The predicted octanol–water partition coefficient (Wildman–Crippen LogP) is 3.60. The van der Waals surface area contributed by atoms with Gasteiger partial charge in [0.25, 0.3) is 5.91 Å². The smallest absolute Gasteiger partial charge is 0.289 e. The first-order chi connectivity index (χ1) is 13.1. The van der Waals surface area contributed by atoms with Crippen LogP contribution in [0.3, 0.4) is 0 Å². The van der Waals surface area contributed by atoms with Gasteiger partial charge in [-0.15, -0.1) is 0 Å². The van der Waals surface area contributed by atoms with Crippen LogP contribution in [0, 0.1) is 0 Å². The summed E-state index contributed by atoms with van der Waals surface area (Å²) in [6.45, 7) is 3.43. The molecule has 0 radical (unpaired) electrons. The molecule has 10 heteroatoms. The van der Waals surface area contributed by atoms with Crippen LogP contribution in [0.15, 0.2) is 42.1 Å². The number of aromatic nitrogens is 2. The number of carbonyl (C=O) groups is 1. The van der Waals surface area contributed by atoms with Crippen LogP contribution in [0.4, 0.5) is 0 Å². The fourth-order valence-electron chi connectivity index (χ4n) is 2.18. The highest BCUT2D eigenvalue weighted by atomic mass is 35.5. The standard InChI is InChI=1S/C18H19Cl2N3O4S/c1-11(7-8-28(3,25)26)23-18(24)17-21-9-13(10-22-17)27-12(2)14-5-4-6-15(19)16(14)20/h4-12H,1-3H3,(H,23,24)/b8-7+/t11-,12?/m1/s1. The monoisotopic (exact) mass is 443 g/mol. The van der Waals surface area contributed by atoms with Crippen molar-refractivity contribution in [2.75, 3.05) is 6.26 Å². The molecule has 1 aromatic carbocycles. The third-order valence-corrected chi connectivity index (χ3v) is 5.02. The second kappa shape index (κ2) is 9.36. The van der Waals surface area contributed by atoms with Gasteiger partial charge < -0.3 is 10.1 Å². The second-order valence-corrected chi connectivity index (χ2v) is 8.78. The molecule has 1 unspecified atom stereocenters. The number of hydrogen-bond acceptors (Lipinski definition) is 6. The minimum Gasteiger partial charge on any atom is -0.483 e. The molecule has 0 aliphatic carbocycles. The van der Waals surface area contributed by atoms with Crippen molar-refractivity contribution in [3.8, 4) is 5.75 Å². The van der Waals surface area contributed by atoms with Crippen molar-refractivity contribution in [3.63, 3.8) is 0 Å². The topological polar surface area (TPSA) is 98.2 Å². The zero-order chi connectivity index (χ0) is 20.9. The number of nitrogens with zero attached hydrogens (tertiary/aromatic N) is 2. The summed E-state index contributed by atoms with van der Waals surface area (Å²) in [4.78, 5) is 20.1. The van der Waals surface area contributed by atoms with Gasteiger partial charge in [-0.05, 0) is 19.9 Å². The molecule has 1 amide bonds. The second-order valence-electron chi connectivity index (χ2n) is 6.07. The number of sulfone groups is 1. The highest BCUT2D eigenvalue weighted by Gasteiger charge is 2.15. The number of hydrogen-bond donors (Lipinski definition) is 1. The summed E-state index contributed by atoms with van der Waals surface area (Å²) in [6, 6.07) is 4.74. The van der Waals surface area contributed by atoms with E-state index < -0.39 is 27.9 Å². The lowest BCUT2D eigenvalue weighted by Gasteiger charge is -2.16. The number of ether oxygens (including phenoxy) is 1. The van der Waals surface area contributed by atoms with Gasteiger partial charge in [0.2, 0.25) is 5.82 Å². The van der Waals surface area contributed by atoms with E-state index in [-0.39, 0.29) is 5.82 Å². The fourth-order valence-corrected chi connectivity index (χ4v) is 3.16. The molecule has 7 nitrogen and oxygen atoms in total. The minimum atomic E-state index is -3.26. The van der Waals surface area contributed by atoms with Crippen LogP contribution in [0.1, 0.15) is 36.1 Å². The van der Waals surface area contributed by atoms with E-state index in [1.165, 1.54) is 18.5 Å². The number of rotatable bonds is 7.